The summed E-state index contributed by atoms with van der Waals surface area (Å²) in [6, 6.07) is 11.8. The Balaban J connectivity index is 1.52. The van der Waals surface area contributed by atoms with Gasteiger partial charge in [-0.3, -0.25) is 14.6 Å². The summed E-state index contributed by atoms with van der Waals surface area (Å²) in [4.78, 5) is 6.27. The number of benzene rings is 1. The van der Waals surface area contributed by atoms with Crippen LogP contribution in [0.2, 0.25) is 5.02 Å². The lowest BCUT2D eigenvalue weighted by Gasteiger charge is -2.17. The summed E-state index contributed by atoms with van der Waals surface area (Å²) in [6.45, 7) is 6.12. The van der Waals surface area contributed by atoms with Crippen molar-refractivity contribution in [3.05, 3.63) is 81.1 Å². The normalized spacial score (nSPS) is 11.4. The first-order valence-electron chi connectivity index (χ1n) is 10.3. The van der Waals surface area contributed by atoms with Crippen LogP contribution < -0.4 is 0 Å². The Bertz CT molecular complexity index is 1290. The molecular weight excluding hydrogens is 442 g/mol. The Morgan fingerprint density at radius 1 is 1.03 bits per heavy atom. The molecule has 4 aromatic rings. The maximum atomic E-state index is 6.35. The first-order chi connectivity index (χ1) is 15.3. The van der Waals surface area contributed by atoms with Gasteiger partial charge in [0.05, 0.1) is 18.9 Å². The van der Waals surface area contributed by atoms with Crippen molar-refractivity contribution in [3.8, 4) is 11.4 Å². The average molecular weight is 468 g/mol. The van der Waals surface area contributed by atoms with Gasteiger partial charge in [0.25, 0.3) is 0 Å². The predicted molar refractivity (Wildman–Crippen MR) is 129 cm³/mol. The van der Waals surface area contributed by atoms with Crippen LogP contribution in [0.25, 0.3) is 11.4 Å². The van der Waals surface area contributed by atoms with Gasteiger partial charge < -0.3 is 4.57 Å². The van der Waals surface area contributed by atoms with Crippen LogP contribution in [-0.4, -0.2) is 41.1 Å². The zero-order valence-electron chi connectivity index (χ0n) is 18.7. The van der Waals surface area contributed by atoms with Crippen LogP contribution in [0.4, 0.5) is 0 Å². The molecule has 4 rings (SSSR count). The van der Waals surface area contributed by atoms with E-state index < -0.39 is 0 Å². The number of hydrogen-bond donors (Lipinski definition) is 0. The molecule has 0 saturated carbocycles. The topological polar surface area (TPSA) is 56.7 Å². The zero-order chi connectivity index (χ0) is 22.8. The minimum Gasteiger partial charge on any atom is -0.303 e. The van der Waals surface area contributed by atoms with Gasteiger partial charge in [0.1, 0.15) is 0 Å². The Morgan fingerprint density at radius 3 is 2.47 bits per heavy atom. The van der Waals surface area contributed by atoms with Gasteiger partial charge in [0.2, 0.25) is 0 Å². The number of rotatable bonds is 7. The first kappa shape index (κ1) is 22.4. The molecule has 166 valence electrons. The highest BCUT2D eigenvalue weighted by molar-refractivity contribution is 7.71. The average Bonchev–Trinajstić information content (AvgIpc) is 3.21. The molecule has 0 bridgehead atoms. The SMILES string of the molecule is Cc1nn(Cc2ccccc2Cl)c(C)c1CN(C)Cn1nc(-c2ccncc2)n(C)c1=S. The second-order valence-electron chi connectivity index (χ2n) is 7.95. The van der Waals surface area contributed by atoms with Gasteiger partial charge in [-0.05, 0) is 56.9 Å². The van der Waals surface area contributed by atoms with Crippen LogP contribution in [0.15, 0.2) is 48.8 Å². The fraction of sp³-hybridized carbons (Fsp3) is 0.304. The summed E-state index contributed by atoms with van der Waals surface area (Å²) in [5.74, 6) is 0.825. The lowest BCUT2D eigenvalue weighted by molar-refractivity contribution is 0.243. The van der Waals surface area contributed by atoms with Crippen molar-refractivity contribution in [3.63, 3.8) is 0 Å². The number of aryl methyl sites for hydroxylation is 1. The van der Waals surface area contributed by atoms with Crippen molar-refractivity contribution < 1.29 is 0 Å². The van der Waals surface area contributed by atoms with Crippen LogP contribution in [0.1, 0.15) is 22.5 Å². The van der Waals surface area contributed by atoms with Gasteiger partial charge in [-0.2, -0.15) is 10.2 Å². The highest BCUT2D eigenvalue weighted by atomic mass is 35.5. The van der Waals surface area contributed by atoms with Crippen LogP contribution >= 0.6 is 23.8 Å². The standard InChI is InChI=1S/C23H26ClN7S/c1-16-20(17(2)30(26-16)13-19-7-5-6-8-21(19)24)14-28(3)15-31-23(32)29(4)22(27-31)18-9-11-25-12-10-18/h5-12H,13-15H2,1-4H3. The molecule has 0 spiro atoms. The minimum atomic E-state index is 0.576. The number of nitrogens with zero attached hydrogens (tertiary/aromatic N) is 7. The summed E-state index contributed by atoms with van der Waals surface area (Å²) < 4.78 is 6.47. The summed E-state index contributed by atoms with van der Waals surface area (Å²) in [5, 5.41) is 10.3. The molecule has 0 radical (unpaired) electrons. The van der Waals surface area contributed by atoms with E-state index in [0.717, 1.165) is 39.9 Å². The summed E-state index contributed by atoms with van der Waals surface area (Å²) in [7, 11) is 4.00. The highest BCUT2D eigenvalue weighted by Gasteiger charge is 2.16. The van der Waals surface area contributed by atoms with Crippen molar-refractivity contribution in [2.75, 3.05) is 7.05 Å². The molecule has 0 aliphatic rings. The largest absolute Gasteiger partial charge is 0.303 e. The van der Waals surface area contributed by atoms with Crippen LogP contribution in [0.5, 0.6) is 0 Å². The minimum absolute atomic E-state index is 0.576. The highest BCUT2D eigenvalue weighted by Crippen LogP contribution is 2.21. The monoisotopic (exact) mass is 467 g/mol. The molecule has 0 fully saturated rings. The fourth-order valence-corrected chi connectivity index (χ4v) is 4.17. The quantitative estimate of drug-likeness (QED) is 0.371. The van der Waals surface area contributed by atoms with Gasteiger partial charge >= 0.3 is 0 Å². The van der Waals surface area contributed by atoms with E-state index in [1.807, 2.05) is 64.3 Å². The second kappa shape index (κ2) is 9.36. The molecule has 0 atom stereocenters. The van der Waals surface area contributed by atoms with Crippen molar-refractivity contribution in [1.82, 2.24) is 34.0 Å². The van der Waals surface area contributed by atoms with E-state index >= 15 is 0 Å². The van der Waals surface area contributed by atoms with Gasteiger partial charge in [-0.15, -0.1) is 0 Å². The summed E-state index contributed by atoms with van der Waals surface area (Å²) in [5.41, 5.74) is 5.40. The Labute approximate surface area is 197 Å². The molecule has 0 saturated heterocycles. The third kappa shape index (κ3) is 4.53. The maximum Gasteiger partial charge on any atom is 0.199 e. The number of pyridine rings is 1. The van der Waals surface area contributed by atoms with E-state index in [0.29, 0.717) is 18.0 Å². The molecule has 3 heterocycles. The van der Waals surface area contributed by atoms with Gasteiger partial charge in [0, 0.05) is 47.8 Å². The molecule has 0 unspecified atom stereocenters. The number of halogens is 1. The van der Waals surface area contributed by atoms with E-state index in [1.54, 1.807) is 12.4 Å². The molecule has 7 nitrogen and oxygen atoms in total. The summed E-state index contributed by atoms with van der Waals surface area (Å²) in [6.07, 6.45) is 3.52. The summed E-state index contributed by atoms with van der Waals surface area (Å²) >= 11 is 12.0. The van der Waals surface area contributed by atoms with Gasteiger partial charge in [-0.1, -0.05) is 29.8 Å². The molecule has 0 N–H and O–H groups in total. The van der Waals surface area contributed by atoms with E-state index in [4.69, 9.17) is 34.0 Å². The lowest BCUT2D eigenvalue weighted by atomic mass is 10.2. The number of hydrogen-bond acceptors (Lipinski definition) is 5. The fourth-order valence-electron chi connectivity index (χ4n) is 3.79. The first-order valence-corrected chi connectivity index (χ1v) is 11.1. The van der Waals surface area contributed by atoms with E-state index in [1.165, 1.54) is 5.56 Å². The van der Waals surface area contributed by atoms with E-state index in [9.17, 15) is 0 Å². The Kier molecular flexibility index (Phi) is 6.55. The van der Waals surface area contributed by atoms with Crippen molar-refractivity contribution in [2.24, 2.45) is 7.05 Å². The van der Waals surface area contributed by atoms with Crippen LogP contribution in [0, 0.1) is 18.6 Å². The van der Waals surface area contributed by atoms with Crippen LogP contribution in [0.3, 0.4) is 0 Å². The molecule has 3 aromatic heterocycles. The Morgan fingerprint density at radius 2 is 1.75 bits per heavy atom. The number of aromatic nitrogens is 6. The van der Waals surface area contributed by atoms with Crippen molar-refractivity contribution in [2.45, 2.75) is 33.6 Å². The van der Waals surface area contributed by atoms with Crippen molar-refractivity contribution >= 4 is 23.8 Å². The van der Waals surface area contributed by atoms with E-state index in [2.05, 4.69) is 23.9 Å². The molecule has 9 heteroatoms. The molecule has 32 heavy (non-hydrogen) atoms. The predicted octanol–water partition coefficient (Wildman–Crippen LogP) is 4.62. The molecule has 0 amide bonds. The maximum absolute atomic E-state index is 6.35. The van der Waals surface area contributed by atoms with Crippen molar-refractivity contribution in [1.29, 1.82) is 0 Å². The third-order valence-electron chi connectivity index (χ3n) is 5.59. The van der Waals surface area contributed by atoms with E-state index in [-0.39, 0.29) is 0 Å². The molecular formula is C23H26ClN7S. The van der Waals surface area contributed by atoms with Gasteiger partial charge in [-0.25, -0.2) is 4.68 Å². The smallest absolute Gasteiger partial charge is 0.199 e. The lowest BCUT2D eigenvalue weighted by Crippen LogP contribution is -2.23. The van der Waals surface area contributed by atoms with Gasteiger partial charge in [0.15, 0.2) is 10.6 Å². The second-order valence-corrected chi connectivity index (χ2v) is 8.73. The Hall–Kier alpha value is -2.81. The molecule has 0 aliphatic carbocycles. The molecule has 0 aliphatic heterocycles. The third-order valence-corrected chi connectivity index (χ3v) is 6.45. The molecule has 1 aromatic carbocycles. The van der Waals surface area contributed by atoms with Crippen LogP contribution in [-0.2, 0) is 26.8 Å². The zero-order valence-corrected chi connectivity index (χ0v) is 20.2.